The van der Waals surface area contributed by atoms with Gasteiger partial charge in [-0.25, -0.2) is 0 Å². The number of nitrogens with one attached hydrogen (secondary N) is 1. The highest BCUT2D eigenvalue weighted by molar-refractivity contribution is 6.04. The molecule has 3 rings (SSSR count). The molecule has 0 aliphatic carbocycles. The number of hydrogen-bond donors (Lipinski definition) is 2. The molecule has 1 aliphatic heterocycles. The van der Waals surface area contributed by atoms with Gasteiger partial charge in [-0.2, -0.15) is 5.10 Å². The number of aromatic nitrogens is 2. The van der Waals surface area contributed by atoms with E-state index in [0.29, 0.717) is 12.1 Å². The van der Waals surface area contributed by atoms with Crippen LogP contribution >= 0.6 is 0 Å². The van der Waals surface area contributed by atoms with E-state index in [1.807, 2.05) is 45.2 Å². The van der Waals surface area contributed by atoms with Gasteiger partial charge in [0.1, 0.15) is 0 Å². The van der Waals surface area contributed by atoms with Crippen LogP contribution in [0, 0.1) is 13.8 Å². The van der Waals surface area contributed by atoms with Gasteiger partial charge in [0.15, 0.2) is 0 Å². The average Bonchev–Trinajstić information content (AvgIpc) is 3.05. The molecule has 0 radical (unpaired) electrons. The van der Waals surface area contributed by atoms with Crippen LogP contribution in [0.2, 0.25) is 0 Å². The van der Waals surface area contributed by atoms with Gasteiger partial charge in [-0.1, -0.05) is 12.1 Å². The zero-order valence-corrected chi connectivity index (χ0v) is 14.4. The predicted molar refractivity (Wildman–Crippen MR) is 93.0 cm³/mol. The largest absolute Gasteiger partial charge is 0.392 e. The first-order valence-electron chi connectivity index (χ1n) is 8.25. The molecule has 0 unspecified atom stereocenters. The molecule has 0 bridgehead atoms. The average molecular weight is 328 g/mol. The zero-order valence-electron chi connectivity index (χ0n) is 14.4. The second-order valence-electron chi connectivity index (χ2n) is 6.50. The summed E-state index contributed by atoms with van der Waals surface area (Å²) in [5.74, 6) is -0.127. The molecular formula is C18H24N4O2. The molecule has 0 spiro atoms. The Bertz CT molecular complexity index is 753. The minimum Gasteiger partial charge on any atom is -0.392 e. The monoisotopic (exact) mass is 328 g/mol. The molecule has 0 saturated carbocycles. The van der Waals surface area contributed by atoms with Gasteiger partial charge in [-0.05, 0) is 38.0 Å². The van der Waals surface area contributed by atoms with Gasteiger partial charge in [0.2, 0.25) is 0 Å². The number of β-amino-alcohol motifs (C(OH)–C–C–N with tert-alkyl or cyclic N) is 1. The molecule has 1 aromatic carbocycles. The number of carbonyl (C=O) groups is 1. The van der Waals surface area contributed by atoms with Crippen LogP contribution in [0.4, 0.5) is 5.69 Å². The second-order valence-corrected chi connectivity index (χ2v) is 6.50. The quantitative estimate of drug-likeness (QED) is 0.899. The Morgan fingerprint density at radius 1 is 1.42 bits per heavy atom. The molecule has 1 amide bonds. The van der Waals surface area contributed by atoms with Gasteiger partial charge >= 0.3 is 0 Å². The fourth-order valence-electron chi connectivity index (χ4n) is 3.17. The Morgan fingerprint density at radius 3 is 2.83 bits per heavy atom. The van der Waals surface area contributed by atoms with Crippen molar-refractivity contribution < 1.29 is 9.90 Å². The molecule has 2 aromatic rings. The van der Waals surface area contributed by atoms with Crippen molar-refractivity contribution >= 4 is 11.6 Å². The normalized spacial score (nSPS) is 18.1. The molecule has 1 aromatic heterocycles. The van der Waals surface area contributed by atoms with E-state index >= 15 is 0 Å². The number of likely N-dealkylation sites (tertiary alicyclic amines) is 1. The number of aliphatic hydroxyl groups is 1. The van der Waals surface area contributed by atoms with Gasteiger partial charge in [0.25, 0.3) is 5.91 Å². The fourth-order valence-corrected chi connectivity index (χ4v) is 3.17. The molecule has 1 atom stereocenters. The number of anilines is 1. The van der Waals surface area contributed by atoms with Crippen molar-refractivity contribution in [3.05, 3.63) is 46.8 Å². The first-order valence-corrected chi connectivity index (χ1v) is 8.25. The summed E-state index contributed by atoms with van der Waals surface area (Å²) in [6, 6.07) is 7.65. The van der Waals surface area contributed by atoms with E-state index < -0.39 is 0 Å². The molecular weight excluding hydrogens is 304 g/mol. The third kappa shape index (κ3) is 3.49. The summed E-state index contributed by atoms with van der Waals surface area (Å²) in [7, 11) is 1.86. The van der Waals surface area contributed by atoms with Crippen molar-refractivity contribution in [1.29, 1.82) is 0 Å². The smallest absolute Gasteiger partial charge is 0.255 e. The molecule has 24 heavy (non-hydrogen) atoms. The Labute approximate surface area is 142 Å². The van der Waals surface area contributed by atoms with Gasteiger partial charge in [-0.15, -0.1) is 0 Å². The first kappa shape index (κ1) is 16.7. The topological polar surface area (TPSA) is 70.4 Å². The number of rotatable bonds is 4. The molecule has 2 heterocycles. The van der Waals surface area contributed by atoms with Crippen molar-refractivity contribution in [2.45, 2.75) is 32.9 Å². The van der Waals surface area contributed by atoms with Crippen LogP contribution in [0.15, 0.2) is 24.3 Å². The van der Waals surface area contributed by atoms with Crippen molar-refractivity contribution in [1.82, 2.24) is 14.7 Å². The van der Waals surface area contributed by atoms with Crippen molar-refractivity contribution in [2.75, 3.05) is 18.4 Å². The van der Waals surface area contributed by atoms with Crippen LogP contribution in [0.5, 0.6) is 0 Å². The Hall–Kier alpha value is -2.18. The highest BCUT2D eigenvalue weighted by atomic mass is 16.3. The van der Waals surface area contributed by atoms with Gasteiger partial charge < -0.3 is 10.4 Å². The maximum atomic E-state index is 12.6. The summed E-state index contributed by atoms with van der Waals surface area (Å²) in [6.07, 6.45) is 0.590. The third-order valence-electron chi connectivity index (χ3n) is 4.59. The van der Waals surface area contributed by atoms with Crippen LogP contribution < -0.4 is 5.32 Å². The predicted octanol–water partition coefficient (Wildman–Crippen LogP) is 1.86. The molecule has 1 aliphatic rings. The van der Waals surface area contributed by atoms with E-state index in [9.17, 15) is 9.90 Å². The van der Waals surface area contributed by atoms with Crippen LogP contribution in [0.3, 0.4) is 0 Å². The molecule has 1 fully saturated rings. The summed E-state index contributed by atoms with van der Waals surface area (Å²) in [4.78, 5) is 14.8. The Kier molecular flexibility index (Phi) is 4.69. The lowest BCUT2D eigenvalue weighted by atomic mass is 10.1. The molecule has 1 saturated heterocycles. The molecule has 6 heteroatoms. The number of aryl methyl sites for hydroxylation is 2. The number of hydrogen-bond acceptors (Lipinski definition) is 4. The third-order valence-corrected chi connectivity index (χ3v) is 4.59. The number of amides is 1. The highest BCUT2D eigenvalue weighted by Gasteiger charge is 2.20. The lowest BCUT2D eigenvalue weighted by Crippen LogP contribution is -2.21. The number of aliphatic hydroxyl groups excluding tert-OH is 1. The summed E-state index contributed by atoms with van der Waals surface area (Å²) in [6.45, 7) is 6.17. The summed E-state index contributed by atoms with van der Waals surface area (Å²) in [5, 5.41) is 16.9. The van der Waals surface area contributed by atoms with E-state index in [1.54, 1.807) is 4.68 Å². The maximum Gasteiger partial charge on any atom is 0.255 e. The van der Waals surface area contributed by atoms with Gasteiger partial charge in [-0.3, -0.25) is 14.4 Å². The Morgan fingerprint density at radius 2 is 2.21 bits per heavy atom. The highest BCUT2D eigenvalue weighted by Crippen LogP contribution is 2.20. The molecule has 6 nitrogen and oxygen atoms in total. The van der Waals surface area contributed by atoms with E-state index in [4.69, 9.17) is 0 Å². The SMILES string of the molecule is Cc1nn(C)c(C)c1NC(=O)c1cccc(CN2CC[C@H](O)C2)c1. The number of benzene rings is 1. The van der Waals surface area contributed by atoms with E-state index in [-0.39, 0.29) is 12.0 Å². The lowest BCUT2D eigenvalue weighted by Gasteiger charge is -2.15. The minimum atomic E-state index is -0.229. The van der Waals surface area contributed by atoms with Crippen molar-refractivity contribution in [3.8, 4) is 0 Å². The zero-order chi connectivity index (χ0) is 17.3. The van der Waals surface area contributed by atoms with Crippen LogP contribution in [0.1, 0.15) is 33.7 Å². The number of nitrogens with zero attached hydrogens (tertiary/aromatic N) is 3. The van der Waals surface area contributed by atoms with E-state index in [2.05, 4.69) is 15.3 Å². The molecule has 128 valence electrons. The fraction of sp³-hybridized carbons (Fsp3) is 0.444. The lowest BCUT2D eigenvalue weighted by molar-refractivity contribution is 0.102. The van der Waals surface area contributed by atoms with E-state index in [0.717, 1.165) is 42.1 Å². The number of carbonyl (C=O) groups excluding carboxylic acids is 1. The van der Waals surface area contributed by atoms with Crippen molar-refractivity contribution in [3.63, 3.8) is 0 Å². The van der Waals surface area contributed by atoms with Crippen LogP contribution in [-0.4, -0.2) is 44.9 Å². The first-order chi connectivity index (χ1) is 11.4. The Balaban J connectivity index is 1.72. The van der Waals surface area contributed by atoms with Gasteiger partial charge in [0.05, 0.1) is 23.2 Å². The van der Waals surface area contributed by atoms with E-state index in [1.165, 1.54) is 0 Å². The summed E-state index contributed by atoms with van der Waals surface area (Å²) >= 11 is 0. The standard InChI is InChI=1S/C18H24N4O2/c1-12-17(13(2)21(3)20-12)19-18(24)15-6-4-5-14(9-15)10-22-8-7-16(23)11-22/h4-6,9,16,23H,7-8,10-11H2,1-3H3,(H,19,24)/t16-/m0/s1. The van der Waals surface area contributed by atoms with Gasteiger partial charge in [0, 0.05) is 32.2 Å². The van der Waals surface area contributed by atoms with Crippen LogP contribution in [-0.2, 0) is 13.6 Å². The summed E-state index contributed by atoms with van der Waals surface area (Å²) < 4.78 is 1.76. The second kappa shape index (κ2) is 6.75. The minimum absolute atomic E-state index is 0.127. The van der Waals surface area contributed by atoms with Crippen LogP contribution in [0.25, 0.3) is 0 Å². The maximum absolute atomic E-state index is 12.6. The summed E-state index contributed by atoms with van der Waals surface area (Å²) in [5.41, 5.74) is 4.23. The van der Waals surface area contributed by atoms with Crippen molar-refractivity contribution in [2.24, 2.45) is 7.05 Å². The molecule has 2 N–H and O–H groups in total.